The highest BCUT2D eigenvalue weighted by Gasteiger charge is 2.30. The first-order valence-corrected chi connectivity index (χ1v) is 22.0. The number of rotatable bonds is 27. The number of ether oxygens (including phenoxy) is 6. The lowest BCUT2D eigenvalue weighted by Crippen LogP contribution is -2.24. The standard InChI is InChI=1S/C36H60N2O8S6/c1-11-33(5,6)25-49-31(47)51-35(9,23-37)15-13-29(39)45-21-19-43-27(3)41-17-18-42-28(4)44-20-22-46-30(40)14-16-36(10,24-38)52-32(48)50-26-34(7,8)12-2/h27-28H,11-22,25-26H2,1-10H3. The lowest BCUT2D eigenvalue weighted by atomic mass is 9.93. The molecule has 0 saturated heterocycles. The van der Waals surface area contributed by atoms with Gasteiger partial charge in [-0.15, -0.1) is 23.5 Å². The first kappa shape index (κ1) is 51.3. The summed E-state index contributed by atoms with van der Waals surface area (Å²) in [5, 5.41) is 19.4. The van der Waals surface area contributed by atoms with Crippen molar-refractivity contribution in [2.24, 2.45) is 10.8 Å². The molecule has 52 heavy (non-hydrogen) atoms. The van der Waals surface area contributed by atoms with E-state index in [4.69, 9.17) is 52.9 Å². The van der Waals surface area contributed by atoms with Gasteiger partial charge in [-0.25, -0.2) is 0 Å². The van der Waals surface area contributed by atoms with Crippen LogP contribution in [-0.2, 0) is 38.0 Å². The summed E-state index contributed by atoms with van der Waals surface area (Å²) in [6, 6.07) is 4.58. The molecule has 4 atom stereocenters. The van der Waals surface area contributed by atoms with Crippen molar-refractivity contribution in [1.29, 1.82) is 10.5 Å². The van der Waals surface area contributed by atoms with Gasteiger partial charge >= 0.3 is 11.9 Å². The molecule has 0 aliphatic rings. The van der Waals surface area contributed by atoms with Crippen LogP contribution in [0.15, 0.2) is 0 Å². The molecule has 0 spiro atoms. The predicted octanol–water partition coefficient (Wildman–Crippen LogP) is 9.33. The van der Waals surface area contributed by atoms with Crippen LogP contribution in [0.5, 0.6) is 0 Å². The molecule has 0 aromatic heterocycles. The molecule has 0 aromatic carbocycles. The average molecular weight is 841 g/mol. The van der Waals surface area contributed by atoms with Crippen LogP contribution in [0.2, 0.25) is 0 Å². The zero-order valence-corrected chi connectivity index (χ0v) is 37.6. The third-order valence-electron chi connectivity index (χ3n) is 7.96. The Morgan fingerprint density at radius 1 is 0.615 bits per heavy atom. The maximum absolute atomic E-state index is 12.3. The third-order valence-corrected chi connectivity index (χ3v) is 14.5. The Morgan fingerprint density at radius 2 is 0.923 bits per heavy atom. The van der Waals surface area contributed by atoms with Crippen LogP contribution >= 0.6 is 71.5 Å². The van der Waals surface area contributed by atoms with Crippen LogP contribution in [0.4, 0.5) is 0 Å². The minimum Gasteiger partial charge on any atom is -0.463 e. The number of thiocarbonyl (C=S) groups is 2. The van der Waals surface area contributed by atoms with E-state index in [-0.39, 0.29) is 63.3 Å². The van der Waals surface area contributed by atoms with Gasteiger partial charge in [-0.05, 0) is 51.4 Å². The summed E-state index contributed by atoms with van der Waals surface area (Å²) in [4.78, 5) is 24.5. The van der Waals surface area contributed by atoms with E-state index in [1.807, 2.05) is 0 Å². The Labute approximate surface area is 341 Å². The zero-order valence-electron chi connectivity index (χ0n) is 32.7. The predicted molar refractivity (Wildman–Crippen MR) is 225 cm³/mol. The molecule has 0 aromatic rings. The molecule has 0 saturated carbocycles. The van der Waals surface area contributed by atoms with E-state index in [0.29, 0.717) is 19.9 Å². The SMILES string of the molecule is CCC(C)(C)CSC(=S)SC(C)(C#N)CCC(=O)OCCOC(C)OCCOC(C)OCCOC(=O)CCC(C)(C#N)SC(=S)SCC(C)(C)CC. The van der Waals surface area contributed by atoms with E-state index < -0.39 is 34.0 Å². The number of carbonyl (C=O) groups is 2. The van der Waals surface area contributed by atoms with Crippen molar-refractivity contribution < 1.29 is 38.0 Å². The average Bonchev–Trinajstić information content (AvgIpc) is 3.10. The van der Waals surface area contributed by atoms with Crippen molar-refractivity contribution in [3.05, 3.63) is 0 Å². The Hall–Kier alpha value is -0.660. The van der Waals surface area contributed by atoms with Gasteiger partial charge in [0.2, 0.25) is 0 Å². The normalized spacial score (nSPS) is 15.3. The van der Waals surface area contributed by atoms with Gasteiger partial charge in [-0.1, -0.05) is 102 Å². The van der Waals surface area contributed by atoms with Crippen LogP contribution in [0.25, 0.3) is 0 Å². The molecular formula is C36H60N2O8S6. The fourth-order valence-electron chi connectivity index (χ4n) is 3.49. The summed E-state index contributed by atoms with van der Waals surface area (Å²) < 4.78 is 32.5. The molecule has 0 heterocycles. The van der Waals surface area contributed by atoms with Crippen LogP contribution in [-0.4, -0.2) is 92.2 Å². The molecule has 0 aliphatic carbocycles. The van der Waals surface area contributed by atoms with E-state index in [1.54, 1.807) is 51.2 Å². The van der Waals surface area contributed by atoms with Gasteiger partial charge in [0, 0.05) is 24.3 Å². The van der Waals surface area contributed by atoms with Gasteiger partial charge < -0.3 is 28.4 Å². The van der Waals surface area contributed by atoms with E-state index >= 15 is 0 Å². The highest BCUT2D eigenvalue weighted by Crippen LogP contribution is 2.38. The number of nitriles is 2. The second-order valence-corrected chi connectivity index (χ2v) is 21.4. The summed E-state index contributed by atoms with van der Waals surface area (Å²) in [5.74, 6) is 0.951. The minimum atomic E-state index is -0.808. The molecule has 16 heteroatoms. The number of thioether (sulfide) groups is 4. The second kappa shape index (κ2) is 27.0. The fraction of sp³-hybridized carbons (Fsp3) is 0.833. The van der Waals surface area contributed by atoms with Crippen molar-refractivity contribution >= 4 is 90.5 Å². The van der Waals surface area contributed by atoms with Crippen molar-refractivity contribution in [3.63, 3.8) is 0 Å². The highest BCUT2D eigenvalue weighted by molar-refractivity contribution is 8.48. The lowest BCUT2D eigenvalue weighted by molar-refractivity contribution is -0.179. The summed E-state index contributed by atoms with van der Waals surface area (Å²) >= 11 is 16.8. The van der Waals surface area contributed by atoms with Crippen molar-refractivity contribution in [3.8, 4) is 12.1 Å². The first-order valence-electron chi connectivity index (χ1n) is 17.5. The molecule has 0 N–H and O–H groups in total. The summed E-state index contributed by atoms with van der Waals surface area (Å²) in [5.41, 5.74) is 0.336. The Balaban J connectivity index is 4.08. The Bertz CT molecular complexity index is 1100. The zero-order chi connectivity index (χ0) is 39.8. The van der Waals surface area contributed by atoms with Crippen LogP contribution < -0.4 is 0 Å². The second-order valence-electron chi connectivity index (χ2n) is 14.1. The van der Waals surface area contributed by atoms with Gasteiger partial charge in [-0.2, -0.15) is 10.5 Å². The van der Waals surface area contributed by atoms with E-state index in [2.05, 4.69) is 53.7 Å². The van der Waals surface area contributed by atoms with Crippen LogP contribution in [0.3, 0.4) is 0 Å². The molecule has 0 radical (unpaired) electrons. The maximum atomic E-state index is 12.3. The van der Waals surface area contributed by atoms with Gasteiger partial charge in [0.15, 0.2) is 12.6 Å². The maximum Gasteiger partial charge on any atom is 0.305 e. The smallest absolute Gasteiger partial charge is 0.305 e. The first-order chi connectivity index (χ1) is 24.2. The minimum absolute atomic E-state index is 0.0663. The molecule has 0 fully saturated rings. The third kappa shape index (κ3) is 26.2. The van der Waals surface area contributed by atoms with E-state index in [9.17, 15) is 20.1 Å². The lowest BCUT2D eigenvalue weighted by Gasteiger charge is -2.24. The van der Waals surface area contributed by atoms with E-state index in [0.717, 1.165) is 24.3 Å². The fourth-order valence-corrected chi connectivity index (χ4v) is 9.53. The van der Waals surface area contributed by atoms with Gasteiger partial charge in [0.1, 0.15) is 29.8 Å². The van der Waals surface area contributed by atoms with Crippen molar-refractivity contribution in [2.45, 2.75) is 130 Å². The molecule has 0 bridgehead atoms. The molecule has 4 unspecified atom stereocenters. The van der Waals surface area contributed by atoms with Crippen LogP contribution in [0, 0.1) is 33.5 Å². The molecular weight excluding hydrogens is 781 g/mol. The number of carbonyl (C=O) groups excluding carboxylic acids is 2. The number of hydrogen-bond donors (Lipinski definition) is 0. The number of esters is 2. The largest absolute Gasteiger partial charge is 0.463 e. The van der Waals surface area contributed by atoms with Crippen molar-refractivity contribution in [2.75, 3.05) is 51.1 Å². The number of nitrogens with zero attached hydrogens (tertiary/aromatic N) is 2. The highest BCUT2D eigenvalue weighted by atomic mass is 32.2. The molecule has 0 amide bonds. The molecule has 0 rings (SSSR count). The number of hydrogen-bond acceptors (Lipinski definition) is 16. The Morgan fingerprint density at radius 3 is 1.21 bits per heavy atom. The van der Waals surface area contributed by atoms with Crippen LogP contribution in [0.1, 0.15) is 108 Å². The topological polar surface area (TPSA) is 137 Å². The van der Waals surface area contributed by atoms with Gasteiger partial charge in [-0.3, -0.25) is 9.59 Å². The van der Waals surface area contributed by atoms with E-state index in [1.165, 1.54) is 23.5 Å². The molecule has 10 nitrogen and oxygen atoms in total. The summed E-state index contributed by atoms with van der Waals surface area (Å²) in [6.07, 6.45) is 1.85. The summed E-state index contributed by atoms with van der Waals surface area (Å²) in [7, 11) is 0. The molecule has 298 valence electrons. The molecule has 0 aliphatic heterocycles. The quantitative estimate of drug-likeness (QED) is 0.0336. The Kier molecular flexibility index (Phi) is 26.7. The van der Waals surface area contributed by atoms with Gasteiger partial charge in [0.25, 0.3) is 0 Å². The monoisotopic (exact) mass is 840 g/mol. The summed E-state index contributed by atoms with van der Waals surface area (Å²) in [6.45, 7) is 21.0. The van der Waals surface area contributed by atoms with Gasteiger partial charge in [0.05, 0.1) is 38.6 Å². The van der Waals surface area contributed by atoms with Crippen molar-refractivity contribution in [1.82, 2.24) is 0 Å².